The fraction of sp³-hybridized carbons (Fsp3) is 0.273. The number of amides is 1. The van der Waals surface area contributed by atoms with Crippen LogP contribution < -0.4 is 5.32 Å². The Morgan fingerprint density at radius 2 is 1.87 bits per heavy atom. The van der Waals surface area contributed by atoms with E-state index in [0.29, 0.717) is 10.9 Å². The molecule has 7 nitrogen and oxygen atoms in total. The van der Waals surface area contributed by atoms with Gasteiger partial charge in [-0.3, -0.25) is 9.59 Å². The van der Waals surface area contributed by atoms with Gasteiger partial charge >= 0.3 is 5.97 Å². The summed E-state index contributed by atoms with van der Waals surface area (Å²) in [4.78, 5) is 23.9. The molecule has 0 aliphatic rings. The molecule has 1 atom stereocenters. The Kier molecular flexibility index (Phi) is 8.49. The molecule has 0 saturated heterocycles. The maximum Gasteiger partial charge on any atom is 0.316 e. The number of ether oxygens (including phenoxy) is 1. The van der Waals surface area contributed by atoms with E-state index >= 15 is 0 Å². The number of thioether (sulfide) groups is 1. The SMILES string of the molecule is CC(CCc1ccccc1)NC(=O)COC(=O)CSc1nnc(-c2ccc(Cl)cc2)o1. The molecule has 1 heterocycles. The van der Waals surface area contributed by atoms with Crippen molar-refractivity contribution in [2.24, 2.45) is 0 Å². The zero-order valence-corrected chi connectivity index (χ0v) is 18.5. The molecule has 0 fully saturated rings. The molecule has 1 amide bonds. The Hall–Kier alpha value is -2.84. The topological polar surface area (TPSA) is 94.3 Å². The van der Waals surface area contributed by atoms with Crippen molar-refractivity contribution >= 4 is 35.2 Å². The van der Waals surface area contributed by atoms with E-state index < -0.39 is 5.97 Å². The number of nitrogens with one attached hydrogen (secondary N) is 1. The highest BCUT2D eigenvalue weighted by Crippen LogP contribution is 2.24. The molecule has 0 spiro atoms. The van der Waals surface area contributed by atoms with E-state index in [1.807, 2.05) is 25.1 Å². The number of rotatable bonds is 10. The van der Waals surface area contributed by atoms with Crippen LogP contribution in [0, 0.1) is 0 Å². The van der Waals surface area contributed by atoms with E-state index in [1.165, 1.54) is 5.56 Å². The zero-order chi connectivity index (χ0) is 22.1. The third-order valence-electron chi connectivity index (χ3n) is 4.29. The van der Waals surface area contributed by atoms with Crippen molar-refractivity contribution in [3.63, 3.8) is 0 Å². The monoisotopic (exact) mass is 459 g/mol. The lowest BCUT2D eigenvalue weighted by Gasteiger charge is -2.14. The van der Waals surface area contributed by atoms with Crippen LogP contribution in [0.2, 0.25) is 5.02 Å². The van der Waals surface area contributed by atoms with E-state index in [2.05, 4.69) is 27.6 Å². The van der Waals surface area contributed by atoms with Gasteiger partial charge in [-0.25, -0.2) is 0 Å². The van der Waals surface area contributed by atoms with Crippen molar-refractivity contribution in [2.75, 3.05) is 12.4 Å². The molecule has 0 aliphatic heterocycles. The largest absolute Gasteiger partial charge is 0.455 e. The predicted molar refractivity (Wildman–Crippen MR) is 119 cm³/mol. The Bertz CT molecular complexity index is 996. The maximum absolute atomic E-state index is 12.0. The third-order valence-corrected chi connectivity index (χ3v) is 5.34. The second-order valence-corrected chi connectivity index (χ2v) is 8.19. The molecule has 162 valence electrons. The Morgan fingerprint density at radius 3 is 2.61 bits per heavy atom. The van der Waals surface area contributed by atoms with Crippen LogP contribution in [-0.2, 0) is 20.7 Å². The van der Waals surface area contributed by atoms with Gasteiger partial charge in [-0.15, -0.1) is 10.2 Å². The second-order valence-electron chi connectivity index (χ2n) is 6.82. The summed E-state index contributed by atoms with van der Waals surface area (Å²) < 4.78 is 10.5. The summed E-state index contributed by atoms with van der Waals surface area (Å²) in [5.74, 6) is -0.583. The van der Waals surface area contributed by atoms with Crippen LogP contribution in [0.5, 0.6) is 0 Å². The van der Waals surface area contributed by atoms with Crippen LogP contribution in [0.4, 0.5) is 0 Å². The maximum atomic E-state index is 12.0. The highest BCUT2D eigenvalue weighted by atomic mass is 35.5. The van der Waals surface area contributed by atoms with Crippen molar-refractivity contribution in [2.45, 2.75) is 31.0 Å². The van der Waals surface area contributed by atoms with Crippen molar-refractivity contribution in [3.05, 3.63) is 65.2 Å². The molecule has 0 aliphatic carbocycles. The summed E-state index contributed by atoms with van der Waals surface area (Å²) in [7, 11) is 0. The fourth-order valence-corrected chi connectivity index (χ4v) is 3.39. The molecule has 3 aromatic rings. The van der Waals surface area contributed by atoms with Gasteiger partial charge in [-0.1, -0.05) is 53.7 Å². The van der Waals surface area contributed by atoms with Crippen molar-refractivity contribution in [3.8, 4) is 11.5 Å². The molecule has 1 N–H and O–H groups in total. The van der Waals surface area contributed by atoms with Crippen molar-refractivity contribution in [1.82, 2.24) is 15.5 Å². The summed E-state index contributed by atoms with van der Waals surface area (Å²) in [6.45, 7) is 1.60. The van der Waals surface area contributed by atoms with Gasteiger partial charge in [-0.2, -0.15) is 0 Å². The number of nitrogens with zero attached hydrogens (tertiary/aromatic N) is 2. The third kappa shape index (κ3) is 7.73. The van der Waals surface area contributed by atoms with Gasteiger partial charge in [0.25, 0.3) is 11.1 Å². The highest BCUT2D eigenvalue weighted by molar-refractivity contribution is 7.99. The Labute approximate surface area is 189 Å². The molecular weight excluding hydrogens is 438 g/mol. The molecular formula is C22H22ClN3O4S. The average molecular weight is 460 g/mol. The van der Waals surface area contributed by atoms with Crippen LogP contribution >= 0.6 is 23.4 Å². The van der Waals surface area contributed by atoms with Crippen LogP contribution in [0.15, 0.2) is 64.2 Å². The number of aromatic nitrogens is 2. The quantitative estimate of drug-likeness (QED) is 0.359. The molecule has 0 saturated carbocycles. The summed E-state index contributed by atoms with van der Waals surface area (Å²) >= 11 is 6.90. The molecule has 1 aromatic heterocycles. The lowest BCUT2D eigenvalue weighted by molar-refractivity contribution is -0.146. The number of esters is 1. The van der Waals surface area contributed by atoms with Gasteiger partial charge in [0.1, 0.15) is 5.75 Å². The first-order chi connectivity index (χ1) is 15.0. The van der Waals surface area contributed by atoms with Crippen LogP contribution in [-0.4, -0.2) is 40.5 Å². The Morgan fingerprint density at radius 1 is 1.13 bits per heavy atom. The average Bonchev–Trinajstić information content (AvgIpc) is 3.25. The number of benzene rings is 2. The summed E-state index contributed by atoms with van der Waals surface area (Å²) in [6.07, 6.45) is 1.66. The summed E-state index contributed by atoms with van der Waals surface area (Å²) in [6, 6.07) is 17.0. The number of halogens is 1. The van der Waals surface area contributed by atoms with Crippen molar-refractivity contribution < 1.29 is 18.7 Å². The van der Waals surface area contributed by atoms with Crippen LogP contribution in [0.1, 0.15) is 18.9 Å². The van der Waals surface area contributed by atoms with E-state index in [0.717, 1.165) is 30.2 Å². The number of carbonyl (C=O) groups excluding carboxylic acids is 2. The van der Waals surface area contributed by atoms with E-state index in [4.69, 9.17) is 20.8 Å². The van der Waals surface area contributed by atoms with Gasteiger partial charge < -0.3 is 14.5 Å². The molecule has 31 heavy (non-hydrogen) atoms. The minimum Gasteiger partial charge on any atom is -0.455 e. The zero-order valence-electron chi connectivity index (χ0n) is 16.9. The Balaban J connectivity index is 1.34. The summed E-state index contributed by atoms with van der Waals surface area (Å²) in [5.41, 5.74) is 1.94. The van der Waals surface area contributed by atoms with Gasteiger partial charge in [0.2, 0.25) is 5.89 Å². The molecule has 0 radical (unpaired) electrons. The lowest BCUT2D eigenvalue weighted by atomic mass is 10.1. The van der Waals surface area contributed by atoms with Gasteiger partial charge in [-0.05, 0) is 49.6 Å². The van der Waals surface area contributed by atoms with Crippen molar-refractivity contribution in [1.29, 1.82) is 0 Å². The first-order valence-corrected chi connectivity index (χ1v) is 11.1. The highest BCUT2D eigenvalue weighted by Gasteiger charge is 2.14. The van der Waals surface area contributed by atoms with E-state index in [-0.39, 0.29) is 29.5 Å². The van der Waals surface area contributed by atoms with Crippen LogP contribution in [0.3, 0.4) is 0 Å². The molecule has 1 unspecified atom stereocenters. The first kappa shape index (κ1) is 22.8. The molecule has 3 rings (SSSR count). The number of hydrogen-bond donors (Lipinski definition) is 1. The number of hydrogen-bond acceptors (Lipinski definition) is 7. The molecule has 9 heteroatoms. The first-order valence-electron chi connectivity index (χ1n) is 9.71. The van der Waals surface area contributed by atoms with E-state index in [9.17, 15) is 9.59 Å². The summed E-state index contributed by atoms with van der Waals surface area (Å²) in [5, 5.41) is 11.5. The van der Waals surface area contributed by atoms with Gasteiger partial charge in [0.05, 0.1) is 0 Å². The standard InChI is InChI=1S/C22H22ClN3O4S/c1-15(7-8-16-5-3-2-4-6-16)24-19(27)13-29-20(28)14-31-22-26-25-21(30-22)17-9-11-18(23)12-10-17/h2-6,9-12,15H,7-8,13-14H2,1H3,(H,24,27). The number of aryl methyl sites for hydroxylation is 1. The van der Waals surface area contributed by atoms with Crippen LogP contribution in [0.25, 0.3) is 11.5 Å². The normalized spacial score (nSPS) is 11.7. The second kappa shape index (κ2) is 11.5. The lowest BCUT2D eigenvalue weighted by Crippen LogP contribution is -2.36. The minimum absolute atomic E-state index is 0.0227. The van der Waals surface area contributed by atoms with Gasteiger partial charge in [0.15, 0.2) is 6.61 Å². The van der Waals surface area contributed by atoms with Gasteiger partial charge in [0, 0.05) is 16.6 Å². The van der Waals surface area contributed by atoms with E-state index in [1.54, 1.807) is 24.3 Å². The number of carbonyl (C=O) groups is 2. The fourth-order valence-electron chi connectivity index (χ4n) is 2.70. The predicted octanol–water partition coefficient (Wildman–Crippen LogP) is 4.16. The molecule has 0 bridgehead atoms. The smallest absolute Gasteiger partial charge is 0.316 e. The molecule has 2 aromatic carbocycles. The minimum atomic E-state index is -0.539.